The zero-order valence-corrected chi connectivity index (χ0v) is 15.5. The van der Waals surface area contributed by atoms with Gasteiger partial charge in [-0.1, -0.05) is 46.3 Å². The first-order valence-electron chi connectivity index (χ1n) is 7.87. The lowest BCUT2D eigenvalue weighted by Crippen LogP contribution is -2.33. The summed E-state index contributed by atoms with van der Waals surface area (Å²) in [7, 11) is 0. The van der Waals surface area contributed by atoms with Crippen molar-refractivity contribution in [3.05, 3.63) is 64.1 Å². The van der Waals surface area contributed by atoms with Gasteiger partial charge in [0, 0.05) is 23.2 Å². The molecule has 0 aliphatic rings. The van der Waals surface area contributed by atoms with Gasteiger partial charge in [-0.05, 0) is 43.2 Å². The zero-order chi connectivity index (χ0) is 17.5. The maximum absolute atomic E-state index is 12.4. The van der Waals surface area contributed by atoms with Crippen LogP contribution >= 0.6 is 15.9 Å². The summed E-state index contributed by atoms with van der Waals surface area (Å²) in [4.78, 5) is 26.2. The summed E-state index contributed by atoms with van der Waals surface area (Å²) in [6.07, 6.45) is -0.157. The van der Waals surface area contributed by atoms with E-state index in [9.17, 15) is 9.59 Å². The molecule has 0 fully saturated rings. The first kappa shape index (κ1) is 18.2. The van der Waals surface area contributed by atoms with E-state index in [0.717, 1.165) is 15.6 Å². The number of anilines is 1. The Bertz CT molecular complexity index is 717. The van der Waals surface area contributed by atoms with Gasteiger partial charge in [-0.3, -0.25) is 9.59 Å². The smallest absolute Gasteiger partial charge is 0.233 e. The van der Waals surface area contributed by atoms with Crippen molar-refractivity contribution in [2.45, 2.75) is 26.8 Å². The van der Waals surface area contributed by atoms with Gasteiger partial charge in [0.25, 0.3) is 0 Å². The van der Waals surface area contributed by atoms with E-state index >= 15 is 0 Å². The number of nitrogens with one attached hydrogen (secondary N) is 1. The standard InChI is InChI=1S/C19H21BrN2O2/c1-3-22(13-15-7-5-4-6-8-15)19(24)12-18(23)21-16-9-10-17(20)14(2)11-16/h4-11H,3,12-13H2,1-2H3,(H,21,23). The maximum Gasteiger partial charge on any atom is 0.233 e. The number of hydrogen-bond acceptors (Lipinski definition) is 2. The summed E-state index contributed by atoms with van der Waals surface area (Å²) in [6, 6.07) is 15.3. The first-order valence-corrected chi connectivity index (χ1v) is 8.66. The van der Waals surface area contributed by atoms with Crippen molar-refractivity contribution in [1.29, 1.82) is 0 Å². The van der Waals surface area contributed by atoms with E-state index in [1.807, 2.05) is 56.3 Å². The molecule has 2 aromatic rings. The van der Waals surface area contributed by atoms with Crippen molar-refractivity contribution in [3.63, 3.8) is 0 Å². The van der Waals surface area contributed by atoms with Crippen LogP contribution in [0.1, 0.15) is 24.5 Å². The molecule has 2 amide bonds. The maximum atomic E-state index is 12.4. The topological polar surface area (TPSA) is 49.4 Å². The van der Waals surface area contributed by atoms with Crippen LogP contribution in [-0.4, -0.2) is 23.3 Å². The molecular weight excluding hydrogens is 368 g/mol. The first-order chi connectivity index (χ1) is 11.5. The van der Waals surface area contributed by atoms with Crippen LogP contribution in [0.5, 0.6) is 0 Å². The Labute approximate surface area is 151 Å². The molecule has 0 aromatic heterocycles. The van der Waals surface area contributed by atoms with E-state index in [2.05, 4.69) is 21.2 Å². The molecule has 0 bridgehead atoms. The normalized spacial score (nSPS) is 10.3. The number of aryl methyl sites for hydroxylation is 1. The molecule has 0 radical (unpaired) electrons. The zero-order valence-electron chi connectivity index (χ0n) is 13.9. The van der Waals surface area contributed by atoms with E-state index in [0.29, 0.717) is 18.8 Å². The second kappa shape index (κ2) is 8.64. The molecule has 1 N–H and O–H groups in total. The molecule has 0 unspecified atom stereocenters. The summed E-state index contributed by atoms with van der Waals surface area (Å²) in [5, 5.41) is 2.78. The lowest BCUT2D eigenvalue weighted by atomic mass is 10.2. The summed E-state index contributed by atoms with van der Waals surface area (Å²) >= 11 is 3.42. The molecule has 0 spiro atoms. The molecule has 0 heterocycles. The highest BCUT2D eigenvalue weighted by Gasteiger charge is 2.16. The van der Waals surface area contributed by atoms with Crippen molar-refractivity contribution >= 4 is 33.4 Å². The number of carbonyl (C=O) groups is 2. The lowest BCUT2D eigenvalue weighted by Gasteiger charge is -2.21. The van der Waals surface area contributed by atoms with Crippen molar-refractivity contribution in [2.75, 3.05) is 11.9 Å². The van der Waals surface area contributed by atoms with Gasteiger partial charge >= 0.3 is 0 Å². The molecule has 0 atom stereocenters. The Morgan fingerprint density at radius 3 is 2.46 bits per heavy atom. The molecule has 5 heteroatoms. The third-order valence-corrected chi connectivity index (χ3v) is 4.59. The molecule has 126 valence electrons. The Balaban J connectivity index is 1.93. The average Bonchev–Trinajstić information content (AvgIpc) is 2.56. The monoisotopic (exact) mass is 388 g/mol. The predicted molar refractivity (Wildman–Crippen MR) is 99.7 cm³/mol. The van der Waals surface area contributed by atoms with Gasteiger partial charge in [0.2, 0.25) is 11.8 Å². The molecule has 24 heavy (non-hydrogen) atoms. The van der Waals surface area contributed by atoms with Crippen molar-refractivity contribution in [2.24, 2.45) is 0 Å². The van der Waals surface area contributed by atoms with Crippen LogP contribution in [0.4, 0.5) is 5.69 Å². The van der Waals surface area contributed by atoms with E-state index < -0.39 is 0 Å². The molecule has 0 saturated carbocycles. The highest BCUT2D eigenvalue weighted by molar-refractivity contribution is 9.10. The van der Waals surface area contributed by atoms with E-state index in [1.54, 1.807) is 11.0 Å². The molecule has 0 saturated heterocycles. The van der Waals surface area contributed by atoms with Gasteiger partial charge < -0.3 is 10.2 Å². The van der Waals surface area contributed by atoms with Crippen LogP contribution < -0.4 is 5.32 Å². The van der Waals surface area contributed by atoms with Crippen molar-refractivity contribution in [1.82, 2.24) is 4.90 Å². The van der Waals surface area contributed by atoms with Crippen LogP contribution in [0.25, 0.3) is 0 Å². The quantitative estimate of drug-likeness (QED) is 0.756. The van der Waals surface area contributed by atoms with Crippen molar-refractivity contribution < 1.29 is 9.59 Å². The van der Waals surface area contributed by atoms with Crippen LogP contribution in [0.15, 0.2) is 53.0 Å². The fourth-order valence-corrected chi connectivity index (χ4v) is 2.60. The van der Waals surface area contributed by atoms with Crippen LogP contribution in [-0.2, 0) is 16.1 Å². The van der Waals surface area contributed by atoms with Gasteiger partial charge in [-0.25, -0.2) is 0 Å². The third kappa shape index (κ3) is 5.20. The molecule has 0 aliphatic heterocycles. The fourth-order valence-electron chi connectivity index (χ4n) is 2.36. The fraction of sp³-hybridized carbons (Fsp3) is 0.263. The number of nitrogens with zero attached hydrogens (tertiary/aromatic N) is 1. The van der Waals surface area contributed by atoms with Gasteiger partial charge in [-0.15, -0.1) is 0 Å². The molecule has 2 rings (SSSR count). The third-order valence-electron chi connectivity index (χ3n) is 3.70. The second-order valence-electron chi connectivity index (χ2n) is 5.58. The predicted octanol–water partition coefficient (Wildman–Crippen LogP) is 4.13. The Morgan fingerprint density at radius 2 is 1.83 bits per heavy atom. The Kier molecular flexibility index (Phi) is 6.55. The number of benzene rings is 2. The molecule has 4 nitrogen and oxygen atoms in total. The SMILES string of the molecule is CCN(Cc1ccccc1)C(=O)CC(=O)Nc1ccc(Br)c(C)c1. The van der Waals surface area contributed by atoms with Crippen molar-refractivity contribution in [3.8, 4) is 0 Å². The second-order valence-corrected chi connectivity index (χ2v) is 6.44. The largest absolute Gasteiger partial charge is 0.338 e. The average molecular weight is 389 g/mol. The van der Waals surface area contributed by atoms with E-state index in [1.165, 1.54) is 0 Å². The van der Waals surface area contributed by atoms with Crippen LogP contribution in [0, 0.1) is 6.92 Å². The number of rotatable bonds is 6. The lowest BCUT2D eigenvalue weighted by molar-refractivity contribution is -0.134. The molecule has 2 aromatic carbocycles. The van der Waals surface area contributed by atoms with Gasteiger partial charge in [0.05, 0.1) is 0 Å². The van der Waals surface area contributed by atoms with E-state index in [4.69, 9.17) is 0 Å². The minimum absolute atomic E-state index is 0.157. The summed E-state index contributed by atoms with van der Waals surface area (Å²) in [5.74, 6) is -0.471. The number of hydrogen-bond donors (Lipinski definition) is 1. The summed E-state index contributed by atoms with van der Waals surface area (Å²) in [6.45, 7) is 4.94. The minimum Gasteiger partial charge on any atom is -0.338 e. The number of halogens is 1. The Morgan fingerprint density at radius 1 is 1.12 bits per heavy atom. The highest BCUT2D eigenvalue weighted by atomic mass is 79.9. The summed E-state index contributed by atoms with van der Waals surface area (Å²) in [5.41, 5.74) is 2.77. The van der Waals surface area contributed by atoms with Crippen LogP contribution in [0.2, 0.25) is 0 Å². The van der Waals surface area contributed by atoms with Crippen LogP contribution in [0.3, 0.4) is 0 Å². The van der Waals surface area contributed by atoms with Gasteiger partial charge in [0.1, 0.15) is 6.42 Å². The minimum atomic E-state index is -0.298. The van der Waals surface area contributed by atoms with E-state index in [-0.39, 0.29) is 18.2 Å². The van der Waals surface area contributed by atoms with Gasteiger partial charge in [-0.2, -0.15) is 0 Å². The molecular formula is C19H21BrN2O2. The summed E-state index contributed by atoms with van der Waals surface area (Å²) < 4.78 is 0.983. The number of carbonyl (C=O) groups excluding carboxylic acids is 2. The molecule has 0 aliphatic carbocycles. The van der Waals surface area contributed by atoms with Gasteiger partial charge in [0.15, 0.2) is 0 Å². The Hall–Kier alpha value is -2.14. The highest BCUT2D eigenvalue weighted by Crippen LogP contribution is 2.20. The number of amides is 2.